The van der Waals surface area contributed by atoms with Crippen molar-refractivity contribution in [3.8, 4) is 22.6 Å². The molecule has 10 nitrogen and oxygen atoms in total. The van der Waals surface area contributed by atoms with Gasteiger partial charge >= 0.3 is 5.97 Å². The fourth-order valence-corrected chi connectivity index (χ4v) is 7.92. The molecular formula is C45H37N7O3. The summed E-state index contributed by atoms with van der Waals surface area (Å²) >= 11 is 0. The Morgan fingerprint density at radius 3 is 2.20 bits per heavy atom. The summed E-state index contributed by atoms with van der Waals surface area (Å²) in [6.45, 7) is 0. The molecule has 1 amide bonds. The molecule has 1 aliphatic carbocycles. The summed E-state index contributed by atoms with van der Waals surface area (Å²) in [6, 6.07) is 36.2. The van der Waals surface area contributed by atoms with Crippen LogP contribution in [0.5, 0.6) is 0 Å². The van der Waals surface area contributed by atoms with Crippen molar-refractivity contribution in [1.82, 2.24) is 34.8 Å². The number of amides is 1. The molecule has 8 aromatic rings. The molecule has 5 aromatic carbocycles. The van der Waals surface area contributed by atoms with Crippen molar-refractivity contribution < 1.29 is 14.7 Å². The number of carbonyl (C=O) groups is 2. The van der Waals surface area contributed by atoms with Gasteiger partial charge in [-0.15, -0.1) is 0 Å². The van der Waals surface area contributed by atoms with Crippen LogP contribution in [0.2, 0.25) is 0 Å². The number of carboxylic acids is 1. The van der Waals surface area contributed by atoms with Gasteiger partial charge in [0.05, 0.1) is 45.0 Å². The van der Waals surface area contributed by atoms with Gasteiger partial charge in [0.25, 0.3) is 5.91 Å². The number of carboxylic acid groups (broad SMARTS) is 1. The van der Waals surface area contributed by atoms with E-state index in [0.717, 1.165) is 70.4 Å². The van der Waals surface area contributed by atoms with Crippen LogP contribution in [0.4, 0.5) is 0 Å². The minimum absolute atomic E-state index is 0.0150. The van der Waals surface area contributed by atoms with E-state index in [1.807, 2.05) is 84.9 Å². The second kappa shape index (κ2) is 14.2. The zero-order valence-electron chi connectivity index (χ0n) is 30.0. The number of nitrogens with one attached hydrogen (secondary N) is 1. The van der Waals surface area contributed by atoms with Gasteiger partial charge in [-0.25, -0.2) is 14.8 Å². The lowest BCUT2D eigenvalue weighted by Crippen LogP contribution is -2.53. The van der Waals surface area contributed by atoms with Gasteiger partial charge in [-0.05, 0) is 72.5 Å². The SMILES string of the molecule is O=C(NC(Cc1ccccc1)(C(=O)O)c1ccc2nccnc2c1)c1ccc2c(c1)nc(-c1ccc3nc(-c4ccccc4)cnc3c1)n2C1CCCCC1. The Balaban J connectivity index is 1.11. The first-order valence-electron chi connectivity index (χ1n) is 18.6. The minimum Gasteiger partial charge on any atom is -0.479 e. The summed E-state index contributed by atoms with van der Waals surface area (Å²) in [5.74, 6) is -0.909. The van der Waals surface area contributed by atoms with Crippen LogP contribution in [-0.4, -0.2) is 46.5 Å². The molecule has 2 N–H and O–H groups in total. The maximum Gasteiger partial charge on any atom is 0.334 e. The van der Waals surface area contributed by atoms with Crippen molar-refractivity contribution in [2.45, 2.75) is 50.1 Å². The molecule has 1 fully saturated rings. The van der Waals surface area contributed by atoms with Crippen LogP contribution < -0.4 is 5.32 Å². The molecule has 1 unspecified atom stereocenters. The average Bonchev–Trinajstić information content (AvgIpc) is 3.63. The third-order valence-electron chi connectivity index (χ3n) is 10.7. The highest BCUT2D eigenvalue weighted by molar-refractivity contribution is 6.01. The van der Waals surface area contributed by atoms with Crippen LogP contribution in [-0.2, 0) is 16.8 Å². The Kier molecular flexibility index (Phi) is 8.78. The summed E-state index contributed by atoms with van der Waals surface area (Å²) in [5.41, 5.74) is 6.68. The predicted molar refractivity (Wildman–Crippen MR) is 212 cm³/mol. The van der Waals surface area contributed by atoms with Crippen LogP contribution in [0.15, 0.2) is 134 Å². The van der Waals surface area contributed by atoms with Gasteiger partial charge in [0.2, 0.25) is 0 Å². The van der Waals surface area contributed by atoms with Gasteiger partial charge in [-0.3, -0.25) is 19.7 Å². The number of rotatable bonds is 9. The molecule has 9 rings (SSSR count). The Hall–Kier alpha value is -6.81. The summed E-state index contributed by atoms with van der Waals surface area (Å²) in [4.78, 5) is 51.4. The highest BCUT2D eigenvalue weighted by Gasteiger charge is 2.43. The van der Waals surface area contributed by atoms with Gasteiger partial charge in [-0.2, -0.15) is 0 Å². The molecule has 1 saturated carbocycles. The van der Waals surface area contributed by atoms with Gasteiger partial charge < -0.3 is 15.0 Å². The molecule has 0 saturated heterocycles. The molecule has 55 heavy (non-hydrogen) atoms. The number of carbonyl (C=O) groups excluding carboxylic acids is 1. The lowest BCUT2D eigenvalue weighted by atomic mass is 9.83. The van der Waals surface area contributed by atoms with Gasteiger partial charge in [0.1, 0.15) is 5.82 Å². The van der Waals surface area contributed by atoms with E-state index in [1.165, 1.54) is 6.42 Å². The topological polar surface area (TPSA) is 136 Å². The van der Waals surface area contributed by atoms with Crippen LogP contribution in [0.3, 0.4) is 0 Å². The van der Waals surface area contributed by atoms with Crippen LogP contribution in [0, 0.1) is 0 Å². The molecule has 270 valence electrons. The van der Waals surface area contributed by atoms with Crippen molar-refractivity contribution in [3.63, 3.8) is 0 Å². The predicted octanol–water partition coefficient (Wildman–Crippen LogP) is 8.71. The highest BCUT2D eigenvalue weighted by Crippen LogP contribution is 2.37. The first-order chi connectivity index (χ1) is 26.9. The van der Waals surface area contributed by atoms with Gasteiger partial charge in [0.15, 0.2) is 5.54 Å². The number of fused-ring (bicyclic) bond motifs is 3. The van der Waals surface area contributed by atoms with Crippen molar-refractivity contribution >= 4 is 45.0 Å². The van der Waals surface area contributed by atoms with Crippen molar-refractivity contribution in [1.29, 1.82) is 0 Å². The standard InChI is InChI=1S/C45H37N7O3/c53-43(51-45(44(54)55,27-29-10-4-1-5-11-29)33-18-20-35-38(26-33)47-23-22-46-35)32-17-21-41-39(25-32)50-42(52(41)34-14-8-3-9-15-34)31-16-19-36-37(24-31)48-28-40(49-36)30-12-6-2-7-13-30/h1-2,4-7,10-13,16-26,28,34H,3,8-9,14-15,27H2,(H,51,53)(H,54,55). The molecule has 10 heteroatoms. The maximum absolute atomic E-state index is 14.3. The molecule has 1 atom stereocenters. The number of nitrogens with zero attached hydrogens (tertiary/aromatic N) is 6. The number of aromatic nitrogens is 6. The number of imidazole rings is 1. The van der Waals surface area contributed by atoms with E-state index >= 15 is 0 Å². The first kappa shape index (κ1) is 34.0. The molecule has 0 spiro atoms. The van der Waals surface area contributed by atoms with Gasteiger partial charge in [0, 0.05) is 41.5 Å². The van der Waals surface area contributed by atoms with E-state index in [4.69, 9.17) is 15.0 Å². The Morgan fingerprint density at radius 1 is 0.691 bits per heavy atom. The largest absolute Gasteiger partial charge is 0.479 e. The molecule has 1 aliphatic rings. The van der Waals surface area contributed by atoms with Gasteiger partial charge in [-0.1, -0.05) is 86.0 Å². The molecule has 0 bridgehead atoms. The van der Waals surface area contributed by atoms with E-state index in [0.29, 0.717) is 27.7 Å². The third kappa shape index (κ3) is 6.45. The highest BCUT2D eigenvalue weighted by atomic mass is 16.4. The number of benzene rings is 5. The van der Waals surface area contributed by atoms with Crippen molar-refractivity contribution in [2.24, 2.45) is 0 Å². The zero-order chi connectivity index (χ0) is 37.4. The lowest BCUT2D eigenvalue weighted by Gasteiger charge is -2.31. The maximum atomic E-state index is 14.3. The van der Waals surface area contributed by atoms with E-state index < -0.39 is 17.4 Å². The van der Waals surface area contributed by atoms with Crippen LogP contribution in [0.25, 0.3) is 55.7 Å². The second-order valence-corrected chi connectivity index (χ2v) is 14.2. The zero-order valence-corrected chi connectivity index (χ0v) is 30.0. The molecule has 0 radical (unpaired) electrons. The number of hydrogen-bond donors (Lipinski definition) is 2. The smallest absolute Gasteiger partial charge is 0.334 e. The molecular weight excluding hydrogens is 687 g/mol. The summed E-state index contributed by atoms with van der Waals surface area (Å²) in [7, 11) is 0. The minimum atomic E-state index is -1.81. The second-order valence-electron chi connectivity index (χ2n) is 14.2. The first-order valence-corrected chi connectivity index (χ1v) is 18.6. The van der Waals surface area contributed by atoms with E-state index in [-0.39, 0.29) is 12.5 Å². The molecule has 0 aliphatic heterocycles. The lowest BCUT2D eigenvalue weighted by molar-refractivity contribution is -0.145. The Bertz CT molecular complexity index is 2710. The third-order valence-corrected chi connectivity index (χ3v) is 10.7. The average molecular weight is 724 g/mol. The van der Waals surface area contributed by atoms with Crippen molar-refractivity contribution in [3.05, 3.63) is 151 Å². The molecule has 3 heterocycles. The van der Waals surface area contributed by atoms with Crippen LogP contribution in [0.1, 0.15) is 59.6 Å². The fraction of sp³-hybridized carbons (Fsp3) is 0.178. The quantitative estimate of drug-likeness (QED) is 0.151. The fourth-order valence-electron chi connectivity index (χ4n) is 7.92. The number of aliphatic carboxylic acids is 1. The normalized spacial score (nSPS) is 14.5. The monoisotopic (exact) mass is 723 g/mol. The number of hydrogen-bond acceptors (Lipinski definition) is 7. The Labute approximate surface area is 317 Å². The summed E-state index contributed by atoms with van der Waals surface area (Å²) in [5, 5.41) is 13.9. The van der Waals surface area contributed by atoms with Crippen molar-refractivity contribution in [2.75, 3.05) is 0 Å². The van der Waals surface area contributed by atoms with Crippen LogP contribution >= 0.6 is 0 Å². The van der Waals surface area contributed by atoms with E-state index in [1.54, 1.807) is 48.9 Å². The summed E-state index contributed by atoms with van der Waals surface area (Å²) in [6.07, 6.45) is 10.5. The Morgan fingerprint density at radius 2 is 1.42 bits per heavy atom. The molecule has 3 aromatic heterocycles. The van der Waals surface area contributed by atoms with E-state index in [9.17, 15) is 14.7 Å². The van der Waals surface area contributed by atoms with E-state index in [2.05, 4.69) is 19.9 Å². The summed E-state index contributed by atoms with van der Waals surface area (Å²) < 4.78 is 2.32.